The number of carbonyl (C=O) groups is 1. The van der Waals surface area contributed by atoms with E-state index >= 15 is 0 Å². The summed E-state index contributed by atoms with van der Waals surface area (Å²) in [7, 11) is -3.02. The molecule has 0 aliphatic heterocycles. The molecule has 14 heavy (non-hydrogen) atoms. The highest BCUT2D eigenvalue weighted by Gasteiger charge is 2.32. The molecule has 0 heterocycles. The zero-order valence-corrected chi connectivity index (χ0v) is 9.14. The molecule has 0 bridgehead atoms. The zero-order valence-electron chi connectivity index (χ0n) is 8.32. The summed E-state index contributed by atoms with van der Waals surface area (Å²) in [4.78, 5) is 10.9. The van der Waals surface area contributed by atoms with Crippen LogP contribution < -0.4 is 0 Å². The van der Waals surface area contributed by atoms with Crippen LogP contribution in [0.2, 0.25) is 0 Å². The van der Waals surface area contributed by atoms with Crippen LogP contribution in [0.15, 0.2) is 0 Å². The molecule has 1 rings (SSSR count). The van der Waals surface area contributed by atoms with Gasteiger partial charge in [-0.25, -0.2) is 8.42 Å². The predicted molar refractivity (Wildman–Crippen MR) is 52.8 cm³/mol. The fourth-order valence-electron chi connectivity index (χ4n) is 1.62. The van der Waals surface area contributed by atoms with Gasteiger partial charge in [0.1, 0.15) is 15.6 Å². The van der Waals surface area contributed by atoms with Crippen molar-refractivity contribution < 1.29 is 18.3 Å². The molecule has 1 fully saturated rings. The molecule has 82 valence electrons. The van der Waals surface area contributed by atoms with Gasteiger partial charge in [0.05, 0.1) is 11.4 Å². The minimum atomic E-state index is -3.02. The maximum absolute atomic E-state index is 10.9. The quantitative estimate of drug-likeness (QED) is 0.742. The van der Waals surface area contributed by atoms with E-state index in [0.29, 0.717) is 25.7 Å². The van der Waals surface area contributed by atoms with Crippen LogP contribution in [0.4, 0.5) is 0 Å². The van der Waals surface area contributed by atoms with Crippen molar-refractivity contribution in [1.29, 1.82) is 0 Å². The first-order valence-electron chi connectivity index (χ1n) is 4.73. The maximum Gasteiger partial charge on any atom is 0.147 e. The van der Waals surface area contributed by atoms with E-state index in [9.17, 15) is 18.3 Å². The zero-order chi connectivity index (χ0) is 10.8. The molecule has 0 spiro atoms. The van der Waals surface area contributed by atoms with Crippen molar-refractivity contribution in [3.8, 4) is 0 Å². The van der Waals surface area contributed by atoms with Crippen LogP contribution in [0.3, 0.4) is 0 Å². The molecule has 0 aromatic heterocycles. The van der Waals surface area contributed by atoms with E-state index in [4.69, 9.17) is 0 Å². The van der Waals surface area contributed by atoms with Crippen molar-refractivity contribution >= 4 is 15.6 Å². The summed E-state index contributed by atoms with van der Waals surface area (Å²) in [5.41, 5.74) is -0.934. The monoisotopic (exact) mass is 220 g/mol. The van der Waals surface area contributed by atoms with E-state index in [-0.39, 0.29) is 18.0 Å². The molecule has 1 aliphatic rings. The summed E-state index contributed by atoms with van der Waals surface area (Å²) >= 11 is 0. The molecule has 0 amide bonds. The summed E-state index contributed by atoms with van der Waals surface area (Å²) < 4.78 is 21.8. The third kappa shape index (κ3) is 3.75. The molecule has 1 saturated carbocycles. The van der Waals surface area contributed by atoms with Gasteiger partial charge in [0.2, 0.25) is 0 Å². The van der Waals surface area contributed by atoms with Crippen molar-refractivity contribution in [1.82, 2.24) is 0 Å². The third-order valence-electron chi connectivity index (χ3n) is 2.68. The van der Waals surface area contributed by atoms with Crippen LogP contribution in [-0.4, -0.2) is 36.9 Å². The summed E-state index contributed by atoms with van der Waals surface area (Å²) in [6.45, 7) is 0. The first-order chi connectivity index (χ1) is 6.31. The van der Waals surface area contributed by atoms with E-state index in [1.807, 2.05) is 0 Å². The molecular formula is C9H16O4S. The van der Waals surface area contributed by atoms with Gasteiger partial charge in [-0.15, -0.1) is 0 Å². The van der Waals surface area contributed by atoms with Gasteiger partial charge in [-0.1, -0.05) is 0 Å². The Morgan fingerprint density at radius 3 is 2.29 bits per heavy atom. The number of sulfone groups is 1. The Labute approximate surface area is 84.2 Å². The van der Waals surface area contributed by atoms with Gasteiger partial charge in [-0.3, -0.25) is 4.79 Å². The molecule has 0 unspecified atom stereocenters. The van der Waals surface area contributed by atoms with Crippen LogP contribution in [-0.2, 0) is 14.6 Å². The Morgan fingerprint density at radius 1 is 1.36 bits per heavy atom. The van der Waals surface area contributed by atoms with Gasteiger partial charge in [0.25, 0.3) is 0 Å². The Bertz CT molecular complexity index is 308. The van der Waals surface area contributed by atoms with Crippen molar-refractivity contribution in [2.45, 2.75) is 37.7 Å². The molecule has 0 saturated heterocycles. The average molecular weight is 220 g/mol. The first-order valence-corrected chi connectivity index (χ1v) is 6.79. The Morgan fingerprint density at radius 2 is 1.86 bits per heavy atom. The molecule has 1 aliphatic carbocycles. The number of Topliss-reactive ketones (excluding diaryl/α,β-unsaturated/α-hetero) is 1. The van der Waals surface area contributed by atoms with Gasteiger partial charge >= 0.3 is 0 Å². The number of carbonyl (C=O) groups excluding carboxylic acids is 1. The van der Waals surface area contributed by atoms with Gasteiger partial charge in [-0.2, -0.15) is 0 Å². The van der Waals surface area contributed by atoms with Crippen molar-refractivity contribution in [2.24, 2.45) is 0 Å². The second-order valence-electron chi connectivity index (χ2n) is 4.14. The van der Waals surface area contributed by atoms with Gasteiger partial charge in [0, 0.05) is 19.1 Å². The largest absolute Gasteiger partial charge is 0.390 e. The molecular weight excluding hydrogens is 204 g/mol. The lowest BCUT2D eigenvalue weighted by Crippen LogP contribution is -2.36. The van der Waals surface area contributed by atoms with Crippen molar-refractivity contribution in [3.05, 3.63) is 0 Å². The normalized spacial score (nSPS) is 22.3. The molecule has 4 nitrogen and oxygen atoms in total. The fourth-order valence-corrected chi connectivity index (χ4v) is 2.37. The lowest BCUT2D eigenvalue weighted by Gasteiger charge is -2.31. The van der Waals surface area contributed by atoms with E-state index in [1.54, 1.807) is 0 Å². The van der Waals surface area contributed by atoms with Gasteiger partial charge in [0.15, 0.2) is 0 Å². The number of rotatable bonds is 3. The summed E-state index contributed by atoms with van der Waals surface area (Å²) in [5.74, 6) is 0.159. The fraction of sp³-hybridized carbons (Fsp3) is 0.889. The van der Waals surface area contributed by atoms with Crippen molar-refractivity contribution in [3.63, 3.8) is 0 Å². The third-order valence-corrected chi connectivity index (χ3v) is 3.62. The molecule has 5 heteroatoms. The highest BCUT2D eigenvalue weighted by Crippen LogP contribution is 2.29. The van der Waals surface area contributed by atoms with Gasteiger partial charge < -0.3 is 5.11 Å². The number of ketones is 1. The highest BCUT2D eigenvalue weighted by molar-refractivity contribution is 7.90. The van der Waals surface area contributed by atoms with E-state index < -0.39 is 15.4 Å². The molecule has 0 aromatic rings. The standard InChI is InChI=1S/C9H16O4S/c1-14(12,13)7-6-9(11)4-2-8(10)3-5-9/h11H,2-7H2,1H3. The topological polar surface area (TPSA) is 71.4 Å². The number of aliphatic hydroxyl groups is 1. The smallest absolute Gasteiger partial charge is 0.147 e. The van der Waals surface area contributed by atoms with E-state index in [2.05, 4.69) is 0 Å². The molecule has 0 aromatic carbocycles. The number of hydrogen-bond donors (Lipinski definition) is 1. The second-order valence-corrected chi connectivity index (χ2v) is 6.40. The molecule has 0 radical (unpaired) electrons. The lowest BCUT2D eigenvalue weighted by molar-refractivity contribution is -0.125. The summed E-state index contributed by atoms with van der Waals surface area (Å²) in [5, 5.41) is 9.94. The second kappa shape index (κ2) is 3.98. The average Bonchev–Trinajstić information content (AvgIpc) is 2.07. The predicted octanol–water partition coefficient (Wildman–Crippen LogP) is 0.295. The van der Waals surface area contributed by atoms with Crippen LogP contribution in [0.1, 0.15) is 32.1 Å². The Balaban J connectivity index is 2.47. The highest BCUT2D eigenvalue weighted by atomic mass is 32.2. The minimum Gasteiger partial charge on any atom is -0.390 e. The first kappa shape index (κ1) is 11.7. The molecule has 0 atom stereocenters. The van der Waals surface area contributed by atoms with E-state index in [1.165, 1.54) is 0 Å². The number of hydrogen-bond acceptors (Lipinski definition) is 4. The van der Waals surface area contributed by atoms with Crippen LogP contribution in [0.25, 0.3) is 0 Å². The molecule has 1 N–H and O–H groups in total. The SMILES string of the molecule is CS(=O)(=O)CCC1(O)CCC(=O)CC1. The Kier molecular flexibility index (Phi) is 3.32. The van der Waals surface area contributed by atoms with E-state index in [0.717, 1.165) is 6.26 Å². The maximum atomic E-state index is 10.9. The van der Waals surface area contributed by atoms with Gasteiger partial charge in [-0.05, 0) is 19.3 Å². The Hall–Kier alpha value is -0.420. The van der Waals surface area contributed by atoms with Crippen LogP contribution in [0, 0.1) is 0 Å². The minimum absolute atomic E-state index is 0.00229. The van der Waals surface area contributed by atoms with Crippen molar-refractivity contribution in [2.75, 3.05) is 12.0 Å². The van der Waals surface area contributed by atoms with Crippen LogP contribution >= 0.6 is 0 Å². The summed E-state index contributed by atoms with van der Waals surface area (Å²) in [6, 6.07) is 0. The van der Waals surface area contributed by atoms with Crippen LogP contribution in [0.5, 0.6) is 0 Å². The lowest BCUT2D eigenvalue weighted by atomic mass is 9.82. The summed E-state index contributed by atoms with van der Waals surface area (Å²) in [6.07, 6.45) is 2.96.